The third-order valence-electron chi connectivity index (χ3n) is 4.76. The fourth-order valence-corrected chi connectivity index (χ4v) is 3.17. The van der Waals surface area contributed by atoms with Crippen LogP contribution in [0, 0.1) is 12.8 Å². The molecule has 0 amide bonds. The first-order valence-corrected chi connectivity index (χ1v) is 8.23. The van der Waals surface area contributed by atoms with Crippen molar-refractivity contribution in [3.05, 3.63) is 11.4 Å². The second-order valence-corrected chi connectivity index (χ2v) is 6.81. The fourth-order valence-electron chi connectivity index (χ4n) is 3.17. The minimum atomic E-state index is 0.344. The third kappa shape index (κ3) is 3.47. The summed E-state index contributed by atoms with van der Waals surface area (Å²) >= 11 is 0. The Morgan fingerprint density at radius 1 is 1.14 bits per heavy atom. The minimum Gasteiger partial charge on any atom is -0.373 e. The Morgan fingerprint density at radius 3 is 2.29 bits per heavy atom. The standard InChI is InChI=1S/C17H30N4/c1-11(2)15-19-16(18-5)13(4)17(20-15)21(6)14-9-7-12(3)8-10-14/h11-12,14H,7-10H2,1-6H3,(H,18,19,20). The van der Waals surface area contributed by atoms with E-state index < -0.39 is 0 Å². The van der Waals surface area contributed by atoms with Crippen LogP contribution < -0.4 is 10.2 Å². The highest BCUT2D eigenvalue weighted by Crippen LogP contribution is 2.32. The van der Waals surface area contributed by atoms with Gasteiger partial charge in [-0.1, -0.05) is 20.8 Å². The predicted octanol–water partition coefficient (Wildman–Crippen LogP) is 3.97. The van der Waals surface area contributed by atoms with Crippen molar-refractivity contribution in [2.45, 2.75) is 65.3 Å². The van der Waals surface area contributed by atoms with E-state index in [0.29, 0.717) is 12.0 Å². The summed E-state index contributed by atoms with van der Waals surface area (Å²) in [7, 11) is 4.13. The largest absolute Gasteiger partial charge is 0.373 e. The van der Waals surface area contributed by atoms with Gasteiger partial charge in [-0.3, -0.25) is 0 Å². The molecule has 4 nitrogen and oxygen atoms in total. The van der Waals surface area contributed by atoms with E-state index in [9.17, 15) is 0 Å². The summed E-state index contributed by atoms with van der Waals surface area (Å²) in [5, 5.41) is 3.22. The third-order valence-corrected chi connectivity index (χ3v) is 4.76. The molecule has 0 aromatic carbocycles. The molecule has 1 heterocycles. The van der Waals surface area contributed by atoms with E-state index >= 15 is 0 Å². The van der Waals surface area contributed by atoms with Crippen LogP contribution in [-0.2, 0) is 0 Å². The van der Waals surface area contributed by atoms with Crippen LogP contribution >= 0.6 is 0 Å². The van der Waals surface area contributed by atoms with Crippen LogP contribution in [0.3, 0.4) is 0 Å². The molecule has 2 rings (SSSR count). The lowest BCUT2D eigenvalue weighted by atomic mass is 9.86. The Kier molecular flexibility index (Phi) is 5.07. The molecule has 1 aliphatic carbocycles. The molecule has 0 radical (unpaired) electrons. The summed E-state index contributed by atoms with van der Waals surface area (Å²) in [5.74, 6) is 4.20. The van der Waals surface area contributed by atoms with Gasteiger partial charge < -0.3 is 10.2 Å². The van der Waals surface area contributed by atoms with E-state index in [2.05, 4.69) is 49.9 Å². The van der Waals surface area contributed by atoms with Crippen LogP contribution in [0.2, 0.25) is 0 Å². The first-order valence-electron chi connectivity index (χ1n) is 8.23. The summed E-state index contributed by atoms with van der Waals surface area (Å²) in [4.78, 5) is 11.9. The molecule has 0 atom stereocenters. The van der Waals surface area contributed by atoms with E-state index in [-0.39, 0.29) is 0 Å². The van der Waals surface area contributed by atoms with Crippen molar-refractivity contribution in [3.63, 3.8) is 0 Å². The molecule has 0 bridgehead atoms. The zero-order valence-electron chi connectivity index (χ0n) is 14.4. The van der Waals surface area contributed by atoms with Crippen molar-refractivity contribution in [2.24, 2.45) is 5.92 Å². The van der Waals surface area contributed by atoms with E-state index in [0.717, 1.165) is 28.9 Å². The van der Waals surface area contributed by atoms with Gasteiger partial charge in [0.1, 0.15) is 17.5 Å². The van der Waals surface area contributed by atoms with Crippen LogP contribution in [0.1, 0.15) is 63.8 Å². The molecule has 21 heavy (non-hydrogen) atoms. The normalized spacial score (nSPS) is 22.4. The highest BCUT2D eigenvalue weighted by Gasteiger charge is 2.25. The second-order valence-electron chi connectivity index (χ2n) is 6.81. The molecule has 1 aromatic heterocycles. The highest BCUT2D eigenvalue weighted by atomic mass is 15.2. The maximum Gasteiger partial charge on any atom is 0.137 e. The molecule has 0 aliphatic heterocycles. The SMILES string of the molecule is CNc1nc(C(C)C)nc(N(C)C2CCC(C)CC2)c1C. The van der Waals surface area contributed by atoms with Gasteiger partial charge in [-0.2, -0.15) is 0 Å². The molecule has 118 valence electrons. The van der Waals surface area contributed by atoms with Crippen molar-refractivity contribution >= 4 is 11.6 Å². The molecular weight excluding hydrogens is 260 g/mol. The van der Waals surface area contributed by atoms with E-state index in [1.165, 1.54) is 25.7 Å². The molecule has 4 heteroatoms. The number of rotatable bonds is 4. The van der Waals surface area contributed by atoms with Crippen LogP contribution in [0.4, 0.5) is 11.6 Å². The first-order chi connectivity index (χ1) is 9.93. The predicted molar refractivity (Wildman–Crippen MR) is 90.2 cm³/mol. The van der Waals surface area contributed by atoms with Gasteiger partial charge in [0.05, 0.1) is 0 Å². The van der Waals surface area contributed by atoms with Crippen molar-refractivity contribution in [2.75, 3.05) is 24.3 Å². The van der Waals surface area contributed by atoms with Gasteiger partial charge in [-0.05, 0) is 38.5 Å². The minimum absolute atomic E-state index is 0.344. The quantitative estimate of drug-likeness (QED) is 0.911. The number of hydrogen-bond acceptors (Lipinski definition) is 4. The van der Waals surface area contributed by atoms with Gasteiger partial charge in [-0.15, -0.1) is 0 Å². The number of hydrogen-bond donors (Lipinski definition) is 1. The molecule has 0 spiro atoms. The average molecular weight is 290 g/mol. The van der Waals surface area contributed by atoms with E-state index in [1.54, 1.807) is 0 Å². The van der Waals surface area contributed by atoms with Gasteiger partial charge in [0.2, 0.25) is 0 Å². The second kappa shape index (κ2) is 6.63. The van der Waals surface area contributed by atoms with Crippen LogP contribution in [0.25, 0.3) is 0 Å². The van der Waals surface area contributed by atoms with Crippen LogP contribution in [0.5, 0.6) is 0 Å². The maximum atomic E-state index is 4.85. The Bertz CT molecular complexity index is 476. The monoisotopic (exact) mass is 290 g/mol. The molecule has 1 aromatic rings. The zero-order valence-corrected chi connectivity index (χ0v) is 14.4. The first kappa shape index (κ1) is 16.1. The Hall–Kier alpha value is -1.32. The highest BCUT2D eigenvalue weighted by molar-refractivity contribution is 5.58. The number of aromatic nitrogens is 2. The lowest BCUT2D eigenvalue weighted by Gasteiger charge is -2.35. The molecule has 1 aliphatic rings. The smallest absolute Gasteiger partial charge is 0.137 e. The summed E-state index contributed by atoms with van der Waals surface area (Å²) in [6.07, 6.45) is 5.20. The topological polar surface area (TPSA) is 41.1 Å². The van der Waals surface area contributed by atoms with Gasteiger partial charge >= 0.3 is 0 Å². The summed E-state index contributed by atoms with van der Waals surface area (Å²) in [5.41, 5.74) is 1.16. The van der Waals surface area contributed by atoms with Gasteiger partial charge in [0.15, 0.2) is 0 Å². The van der Waals surface area contributed by atoms with Gasteiger partial charge in [0, 0.05) is 31.6 Å². The Morgan fingerprint density at radius 2 is 1.76 bits per heavy atom. The Balaban J connectivity index is 2.30. The van der Waals surface area contributed by atoms with Crippen LogP contribution in [0.15, 0.2) is 0 Å². The molecule has 0 saturated heterocycles. The van der Waals surface area contributed by atoms with Crippen molar-refractivity contribution < 1.29 is 0 Å². The van der Waals surface area contributed by atoms with Crippen molar-refractivity contribution in [1.29, 1.82) is 0 Å². The maximum absolute atomic E-state index is 4.85. The molecular formula is C17H30N4. The van der Waals surface area contributed by atoms with Crippen molar-refractivity contribution in [3.8, 4) is 0 Å². The average Bonchev–Trinajstić information content (AvgIpc) is 2.47. The number of nitrogens with one attached hydrogen (secondary N) is 1. The lowest BCUT2D eigenvalue weighted by molar-refractivity contribution is 0.339. The van der Waals surface area contributed by atoms with E-state index in [4.69, 9.17) is 4.98 Å². The zero-order chi connectivity index (χ0) is 15.6. The number of nitrogens with zero attached hydrogens (tertiary/aromatic N) is 3. The number of anilines is 2. The summed E-state index contributed by atoms with van der Waals surface area (Å²) in [6, 6.07) is 0.611. The van der Waals surface area contributed by atoms with Crippen molar-refractivity contribution in [1.82, 2.24) is 9.97 Å². The lowest BCUT2D eigenvalue weighted by Crippen LogP contribution is -2.36. The summed E-state index contributed by atoms with van der Waals surface area (Å²) < 4.78 is 0. The molecule has 0 unspecified atom stereocenters. The van der Waals surface area contributed by atoms with Gasteiger partial charge in [0.25, 0.3) is 0 Å². The van der Waals surface area contributed by atoms with E-state index in [1.807, 2.05) is 7.05 Å². The fraction of sp³-hybridized carbons (Fsp3) is 0.765. The molecule has 1 saturated carbocycles. The van der Waals surface area contributed by atoms with Crippen LogP contribution in [-0.4, -0.2) is 30.1 Å². The Labute approximate surface area is 129 Å². The molecule has 1 fully saturated rings. The summed E-state index contributed by atoms with van der Waals surface area (Å²) in [6.45, 7) is 8.78. The van der Waals surface area contributed by atoms with Gasteiger partial charge in [-0.25, -0.2) is 9.97 Å². The molecule has 1 N–H and O–H groups in total.